The van der Waals surface area contributed by atoms with Gasteiger partial charge in [-0.3, -0.25) is 4.79 Å². The van der Waals surface area contributed by atoms with E-state index in [9.17, 15) is 18.4 Å². The number of nitrogens with two attached hydrogens (primary N) is 1. The number of carboxylic acids is 1. The molecule has 2 fully saturated rings. The maximum atomic E-state index is 12.9. The molecule has 4 N–H and O–H groups in total. The number of carboxylic acid groups (broad SMARTS) is 1. The zero-order valence-corrected chi connectivity index (χ0v) is 18.8. The minimum atomic E-state index is -2.70. The third-order valence-corrected chi connectivity index (χ3v) is 5.30. The Morgan fingerprint density at radius 3 is 2.56 bits per heavy atom. The van der Waals surface area contributed by atoms with E-state index in [2.05, 4.69) is 17.2 Å². The highest BCUT2D eigenvalue weighted by molar-refractivity contribution is 5.86. The molecule has 1 aromatic rings. The van der Waals surface area contributed by atoms with Crippen molar-refractivity contribution in [2.45, 2.75) is 63.8 Å². The lowest BCUT2D eigenvalue weighted by molar-refractivity contribution is -0.120. The topological polar surface area (TPSA) is 118 Å². The van der Waals surface area contributed by atoms with Gasteiger partial charge in [0.05, 0.1) is 19.7 Å². The third kappa shape index (κ3) is 8.57. The van der Waals surface area contributed by atoms with E-state index in [1.165, 1.54) is 29.9 Å². The molecule has 1 aromatic heterocycles. The number of nitrogens with one attached hydrogen (secondary N) is 1. The van der Waals surface area contributed by atoms with Gasteiger partial charge < -0.3 is 25.8 Å². The van der Waals surface area contributed by atoms with Crippen molar-refractivity contribution in [2.24, 2.45) is 11.7 Å². The van der Waals surface area contributed by atoms with E-state index in [0.29, 0.717) is 24.6 Å². The highest BCUT2D eigenvalue weighted by Crippen LogP contribution is 2.37. The molecule has 1 saturated heterocycles. The molecule has 1 saturated carbocycles. The van der Waals surface area contributed by atoms with Gasteiger partial charge in [0.2, 0.25) is 11.8 Å². The molecular formula is C22H34F2N4O4. The number of amides is 1. The van der Waals surface area contributed by atoms with E-state index in [1.807, 2.05) is 0 Å². The average Bonchev–Trinajstić information content (AvgIpc) is 3.55. The van der Waals surface area contributed by atoms with Crippen molar-refractivity contribution in [3.63, 3.8) is 0 Å². The summed E-state index contributed by atoms with van der Waals surface area (Å²) in [5, 5.41) is 11.5. The van der Waals surface area contributed by atoms with Crippen LogP contribution in [0.1, 0.15) is 62.4 Å². The summed E-state index contributed by atoms with van der Waals surface area (Å²) < 4.78 is 31.4. The van der Waals surface area contributed by atoms with Crippen molar-refractivity contribution < 1.29 is 28.2 Å². The summed E-state index contributed by atoms with van der Waals surface area (Å²) in [6.07, 6.45) is 7.12. The van der Waals surface area contributed by atoms with Crippen LogP contribution in [0.25, 0.3) is 0 Å². The molecule has 2 aliphatic rings. The van der Waals surface area contributed by atoms with Crippen molar-refractivity contribution in [1.29, 1.82) is 0 Å². The number of aromatic carboxylic acids is 1. The number of pyridine rings is 1. The largest absolute Gasteiger partial charge is 0.477 e. The summed E-state index contributed by atoms with van der Waals surface area (Å²) in [7, 11) is 1.64. The first-order valence-electron chi connectivity index (χ1n) is 11.1. The van der Waals surface area contributed by atoms with Crippen LogP contribution in [0.3, 0.4) is 0 Å². The molecule has 1 aliphatic carbocycles. The third-order valence-electron chi connectivity index (χ3n) is 5.30. The lowest BCUT2D eigenvalue weighted by Gasteiger charge is -2.40. The first-order valence-corrected chi connectivity index (χ1v) is 11.1. The van der Waals surface area contributed by atoms with E-state index >= 15 is 0 Å². The molecule has 0 aromatic carbocycles. The number of nitrogens with zero attached hydrogens (tertiary/aromatic N) is 2. The molecule has 1 unspecified atom stereocenters. The number of aromatic nitrogens is 1. The monoisotopic (exact) mass is 456 g/mol. The number of halogens is 2. The second-order valence-electron chi connectivity index (χ2n) is 8.43. The van der Waals surface area contributed by atoms with Crippen molar-refractivity contribution in [3.8, 4) is 5.88 Å². The number of ether oxygens (including phenoxy) is 1. The molecule has 3 rings (SSSR count). The Hall–Kier alpha value is -2.49. The second-order valence-corrected chi connectivity index (χ2v) is 8.43. The van der Waals surface area contributed by atoms with Crippen LogP contribution in [0.2, 0.25) is 0 Å². The van der Waals surface area contributed by atoms with E-state index < -0.39 is 11.9 Å². The molecule has 0 radical (unpaired) electrons. The lowest BCUT2D eigenvalue weighted by atomic mass is 10.1. The summed E-state index contributed by atoms with van der Waals surface area (Å²) in [5.41, 5.74) is 6.02. The summed E-state index contributed by atoms with van der Waals surface area (Å²) in [5.74, 6) is -3.22. The number of rotatable bonds is 11. The van der Waals surface area contributed by atoms with Gasteiger partial charge >= 0.3 is 5.97 Å². The maximum Gasteiger partial charge on any atom is 0.354 e. The lowest BCUT2D eigenvalue weighted by Crippen LogP contribution is -2.56. The van der Waals surface area contributed by atoms with Gasteiger partial charge in [0, 0.05) is 19.5 Å². The fraction of sp³-hybridized carbons (Fsp3) is 0.682. The van der Waals surface area contributed by atoms with Gasteiger partial charge in [0.1, 0.15) is 5.69 Å². The molecule has 10 heteroatoms. The number of hydrogen-bond acceptors (Lipinski definition) is 6. The van der Waals surface area contributed by atoms with E-state index in [1.54, 1.807) is 7.05 Å². The van der Waals surface area contributed by atoms with Gasteiger partial charge in [-0.25, -0.2) is 18.6 Å². The number of carbonyl (C=O) groups excluding carboxylic acids is 1. The molecule has 1 atom stereocenters. The fourth-order valence-electron chi connectivity index (χ4n) is 3.16. The van der Waals surface area contributed by atoms with Crippen LogP contribution in [-0.2, 0) is 4.79 Å². The molecule has 1 amide bonds. The summed E-state index contributed by atoms with van der Waals surface area (Å²) >= 11 is 0. The smallest absolute Gasteiger partial charge is 0.354 e. The van der Waals surface area contributed by atoms with Crippen LogP contribution in [0.4, 0.5) is 14.5 Å². The van der Waals surface area contributed by atoms with Gasteiger partial charge in [-0.1, -0.05) is 26.2 Å². The fourth-order valence-corrected chi connectivity index (χ4v) is 3.16. The molecule has 8 nitrogen and oxygen atoms in total. The van der Waals surface area contributed by atoms with Gasteiger partial charge in [0.15, 0.2) is 5.69 Å². The van der Waals surface area contributed by atoms with Crippen LogP contribution in [-0.4, -0.2) is 60.7 Å². The van der Waals surface area contributed by atoms with Crippen molar-refractivity contribution in [1.82, 2.24) is 10.3 Å². The highest BCUT2D eigenvalue weighted by atomic mass is 19.3. The van der Waals surface area contributed by atoms with E-state index in [4.69, 9.17) is 15.6 Å². The maximum absolute atomic E-state index is 12.9. The Morgan fingerprint density at radius 2 is 2.03 bits per heavy atom. The molecule has 32 heavy (non-hydrogen) atoms. The zero-order valence-electron chi connectivity index (χ0n) is 18.8. The predicted octanol–water partition coefficient (Wildman–Crippen LogP) is 3.05. The molecule has 1 aliphatic heterocycles. The first-order chi connectivity index (χ1) is 15.1. The van der Waals surface area contributed by atoms with Crippen LogP contribution in [0.15, 0.2) is 12.1 Å². The van der Waals surface area contributed by atoms with Crippen LogP contribution in [0.5, 0.6) is 5.88 Å². The van der Waals surface area contributed by atoms with Crippen molar-refractivity contribution >= 4 is 17.6 Å². The number of anilines is 1. The SMILES string of the molecule is CCCCCC(N)CC(=O)NC.O=C(O)c1ccc(N2CC(F)(F)C2)c(OCC2CC2)n1. The number of alkyl halides is 2. The van der Waals surface area contributed by atoms with Crippen molar-refractivity contribution in [2.75, 3.05) is 31.6 Å². The standard InChI is InChI=1S/C13H14F2N2O3.C9H20N2O/c14-13(15)6-17(7-13)10-4-3-9(12(18)19)16-11(10)20-5-8-1-2-8;1-3-4-5-6-8(10)7-9(12)11-2/h3-4,8H,1-2,5-7H2,(H,18,19);8H,3-7,10H2,1-2H3,(H,11,12). The van der Waals surface area contributed by atoms with Crippen LogP contribution < -0.4 is 20.7 Å². The summed E-state index contributed by atoms with van der Waals surface area (Å²) in [4.78, 5) is 27.1. The summed E-state index contributed by atoms with van der Waals surface area (Å²) in [6, 6.07) is 2.82. The Bertz CT molecular complexity index is 766. The Labute approximate surface area is 187 Å². The van der Waals surface area contributed by atoms with Crippen LogP contribution >= 0.6 is 0 Å². The van der Waals surface area contributed by atoms with E-state index in [-0.39, 0.29) is 36.6 Å². The minimum Gasteiger partial charge on any atom is -0.477 e. The molecular weight excluding hydrogens is 422 g/mol. The highest BCUT2D eigenvalue weighted by Gasteiger charge is 2.45. The minimum absolute atomic E-state index is 0.0384. The van der Waals surface area contributed by atoms with Gasteiger partial charge in [-0.15, -0.1) is 0 Å². The normalized spacial score (nSPS) is 17.5. The quantitative estimate of drug-likeness (QED) is 0.438. The number of carbonyl (C=O) groups is 2. The van der Waals surface area contributed by atoms with Crippen LogP contribution in [0, 0.1) is 5.92 Å². The van der Waals surface area contributed by atoms with E-state index in [0.717, 1.165) is 25.7 Å². The average molecular weight is 457 g/mol. The zero-order chi connectivity index (χ0) is 23.7. The summed E-state index contributed by atoms with van der Waals surface area (Å²) in [6.45, 7) is 1.83. The number of unbranched alkanes of at least 4 members (excludes halogenated alkanes) is 2. The van der Waals surface area contributed by atoms with Crippen molar-refractivity contribution in [3.05, 3.63) is 17.8 Å². The van der Waals surface area contributed by atoms with Gasteiger partial charge in [-0.2, -0.15) is 0 Å². The molecule has 180 valence electrons. The molecule has 0 spiro atoms. The van der Waals surface area contributed by atoms with Gasteiger partial charge in [-0.05, 0) is 37.3 Å². The Balaban J connectivity index is 0.000000262. The Kier molecular flexibility index (Phi) is 9.61. The predicted molar refractivity (Wildman–Crippen MR) is 117 cm³/mol. The molecule has 2 heterocycles. The molecule has 0 bridgehead atoms. The Morgan fingerprint density at radius 1 is 1.34 bits per heavy atom. The van der Waals surface area contributed by atoms with Gasteiger partial charge in [0.25, 0.3) is 5.92 Å². The number of hydrogen-bond donors (Lipinski definition) is 3. The first kappa shape index (κ1) is 25.8. The second kappa shape index (κ2) is 11.9.